The summed E-state index contributed by atoms with van der Waals surface area (Å²) in [6.45, 7) is 9.03. The van der Waals surface area contributed by atoms with Crippen molar-refractivity contribution >= 4 is 0 Å². The van der Waals surface area contributed by atoms with Gasteiger partial charge in [0.2, 0.25) is 0 Å². The zero-order valence-corrected chi connectivity index (χ0v) is 11.3. The van der Waals surface area contributed by atoms with Gasteiger partial charge < -0.3 is 0 Å². The average molecular weight is 242 g/mol. The normalized spacial score (nSPS) is 35.8. The molecule has 2 aliphatic rings. The van der Waals surface area contributed by atoms with Crippen molar-refractivity contribution in [1.29, 1.82) is 0 Å². The molecule has 3 unspecified atom stereocenters. The molecular weight excluding hydrogens is 218 g/mol. The first kappa shape index (κ1) is 13.0. The van der Waals surface area contributed by atoms with Gasteiger partial charge in [0.05, 0.1) is 0 Å². The van der Waals surface area contributed by atoms with Gasteiger partial charge in [0.25, 0.3) is 5.92 Å². The summed E-state index contributed by atoms with van der Waals surface area (Å²) in [6, 6.07) is 0. The Morgan fingerprint density at radius 3 is 1.76 bits per heavy atom. The number of halogens is 2. The third-order valence-corrected chi connectivity index (χ3v) is 4.57. The van der Waals surface area contributed by atoms with Gasteiger partial charge in [-0.2, -0.15) is 0 Å². The molecule has 0 aliphatic heterocycles. The smallest absolute Gasteiger partial charge is 0.206 e. The Hall–Kier alpha value is -0.400. The van der Waals surface area contributed by atoms with Crippen LogP contribution in [0, 0.1) is 29.6 Å². The van der Waals surface area contributed by atoms with Crippen LogP contribution in [0.3, 0.4) is 0 Å². The Bertz CT molecular complexity index is 297. The maximum atomic E-state index is 12.9. The van der Waals surface area contributed by atoms with Crippen LogP contribution in [-0.4, -0.2) is 5.92 Å². The Morgan fingerprint density at radius 1 is 1.06 bits per heavy atom. The van der Waals surface area contributed by atoms with Crippen LogP contribution in [0.2, 0.25) is 0 Å². The van der Waals surface area contributed by atoms with Crippen LogP contribution in [0.15, 0.2) is 11.6 Å². The molecule has 0 heterocycles. The quantitative estimate of drug-likeness (QED) is 0.617. The zero-order valence-electron chi connectivity index (χ0n) is 11.3. The SMILES string of the molecule is CC(C)C1CC(=CC2CC2(F)F)CC1C(C)C. The molecule has 2 rings (SSSR count). The Balaban J connectivity index is 2.04. The number of rotatable bonds is 3. The minimum absolute atomic E-state index is 0.0786. The van der Waals surface area contributed by atoms with E-state index in [9.17, 15) is 8.78 Å². The fourth-order valence-electron chi connectivity index (χ4n) is 3.29. The molecule has 0 radical (unpaired) electrons. The number of allylic oxidation sites excluding steroid dienone is 2. The zero-order chi connectivity index (χ0) is 12.8. The highest BCUT2D eigenvalue weighted by atomic mass is 19.3. The van der Waals surface area contributed by atoms with Crippen LogP contribution in [-0.2, 0) is 0 Å². The van der Waals surface area contributed by atoms with Crippen molar-refractivity contribution in [2.45, 2.75) is 52.9 Å². The molecule has 2 fully saturated rings. The van der Waals surface area contributed by atoms with Crippen molar-refractivity contribution in [2.24, 2.45) is 29.6 Å². The lowest BCUT2D eigenvalue weighted by Crippen LogP contribution is -2.18. The maximum absolute atomic E-state index is 12.9. The van der Waals surface area contributed by atoms with E-state index in [1.807, 2.05) is 6.08 Å². The summed E-state index contributed by atoms with van der Waals surface area (Å²) in [6.07, 6.45) is 4.06. The third kappa shape index (κ3) is 2.71. The second kappa shape index (κ2) is 4.37. The summed E-state index contributed by atoms with van der Waals surface area (Å²) >= 11 is 0. The van der Waals surface area contributed by atoms with E-state index in [-0.39, 0.29) is 6.42 Å². The average Bonchev–Trinajstić information content (AvgIpc) is 2.60. The number of hydrogen-bond donors (Lipinski definition) is 0. The lowest BCUT2D eigenvalue weighted by molar-refractivity contribution is 0.107. The predicted molar refractivity (Wildman–Crippen MR) is 67.0 cm³/mol. The minimum atomic E-state index is -2.39. The second-order valence-electron chi connectivity index (χ2n) is 6.62. The Labute approximate surface area is 103 Å². The monoisotopic (exact) mass is 242 g/mol. The summed E-state index contributed by atoms with van der Waals surface area (Å²) < 4.78 is 25.8. The molecular formula is C15H24F2. The molecule has 2 saturated carbocycles. The van der Waals surface area contributed by atoms with E-state index in [1.165, 1.54) is 5.57 Å². The summed E-state index contributed by atoms with van der Waals surface area (Å²) in [5, 5.41) is 0. The first-order valence-electron chi connectivity index (χ1n) is 6.88. The first-order chi connectivity index (χ1) is 7.81. The van der Waals surface area contributed by atoms with Crippen molar-refractivity contribution in [3.05, 3.63) is 11.6 Å². The van der Waals surface area contributed by atoms with Crippen molar-refractivity contribution in [3.8, 4) is 0 Å². The van der Waals surface area contributed by atoms with E-state index in [1.54, 1.807) is 0 Å². The van der Waals surface area contributed by atoms with Gasteiger partial charge in [0.1, 0.15) is 0 Å². The van der Waals surface area contributed by atoms with Gasteiger partial charge in [-0.25, -0.2) is 8.78 Å². The van der Waals surface area contributed by atoms with Crippen molar-refractivity contribution in [1.82, 2.24) is 0 Å². The maximum Gasteiger partial charge on any atom is 0.255 e. The molecule has 17 heavy (non-hydrogen) atoms. The highest BCUT2D eigenvalue weighted by molar-refractivity contribution is 5.19. The molecule has 0 amide bonds. The van der Waals surface area contributed by atoms with Crippen molar-refractivity contribution < 1.29 is 8.78 Å². The molecule has 0 saturated heterocycles. The van der Waals surface area contributed by atoms with E-state index in [4.69, 9.17) is 0 Å². The molecule has 0 bridgehead atoms. The standard InChI is InChI=1S/C15H24F2/c1-9(2)13-6-11(7-14(13)10(3)4)5-12-8-15(12,16)17/h5,9-10,12-14H,6-8H2,1-4H3. The fraction of sp³-hybridized carbons (Fsp3) is 0.867. The van der Waals surface area contributed by atoms with E-state index in [2.05, 4.69) is 27.7 Å². The van der Waals surface area contributed by atoms with Crippen LogP contribution in [0.4, 0.5) is 8.78 Å². The molecule has 2 heteroatoms. The van der Waals surface area contributed by atoms with Gasteiger partial charge in [-0.15, -0.1) is 0 Å². The van der Waals surface area contributed by atoms with Crippen LogP contribution >= 0.6 is 0 Å². The lowest BCUT2D eigenvalue weighted by atomic mass is 9.80. The first-order valence-corrected chi connectivity index (χ1v) is 6.88. The molecule has 0 aromatic carbocycles. The van der Waals surface area contributed by atoms with Crippen LogP contribution in [0.1, 0.15) is 47.0 Å². The molecule has 0 aromatic heterocycles. The van der Waals surface area contributed by atoms with Crippen molar-refractivity contribution in [3.63, 3.8) is 0 Å². The van der Waals surface area contributed by atoms with Gasteiger partial charge in [-0.05, 0) is 36.5 Å². The Kier molecular flexibility index (Phi) is 3.35. The van der Waals surface area contributed by atoms with Gasteiger partial charge in [0, 0.05) is 12.3 Å². The molecule has 2 aliphatic carbocycles. The van der Waals surface area contributed by atoms with E-state index >= 15 is 0 Å². The van der Waals surface area contributed by atoms with Gasteiger partial charge >= 0.3 is 0 Å². The summed E-state index contributed by atoms with van der Waals surface area (Å²) in [7, 11) is 0. The number of alkyl halides is 2. The molecule has 3 atom stereocenters. The molecule has 0 aromatic rings. The summed E-state index contributed by atoms with van der Waals surface area (Å²) in [4.78, 5) is 0. The van der Waals surface area contributed by atoms with E-state index in [0.717, 1.165) is 12.8 Å². The van der Waals surface area contributed by atoms with Crippen molar-refractivity contribution in [2.75, 3.05) is 0 Å². The highest BCUT2D eigenvalue weighted by Crippen LogP contribution is 2.52. The fourth-order valence-corrected chi connectivity index (χ4v) is 3.29. The predicted octanol–water partition coefficient (Wildman–Crippen LogP) is 4.91. The van der Waals surface area contributed by atoms with Crippen LogP contribution < -0.4 is 0 Å². The second-order valence-corrected chi connectivity index (χ2v) is 6.62. The largest absolute Gasteiger partial charge is 0.255 e. The lowest BCUT2D eigenvalue weighted by Gasteiger charge is -2.25. The molecule has 0 N–H and O–H groups in total. The topological polar surface area (TPSA) is 0 Å². The Morgan fingerprint density at radius 2 is 1.47 bits per heavy atom. The summed E-state index contributed by atoms with van der Waals surface area (Å²) in [5.41, 5.74) is 1.30. The third-order valence-electron chi connectivity index (χ3n) is 4.57. The molecule has 0 spiro atoms. The number of hydrogen-bond acceptors (Lipinski definition) is 0. The molecule has 98 valence electrons. The highest BCUT2D eigenvalue weighted by Gasteiger charge is 2.55. The van der Waals surface area contributed by atoms with Gasteiger partial charge in [-0.1, -0.05) is 39.3 Å². The van der Waals surface area contributed by atoms with Crippen LogP contribution in [0.25, 0.3) is 0 Å². The van der Waals surface area contributed by atoms with Gasteiger partial charge in [0.15, 0.2) is 0 Å². The minimum Gasteiger partial charge on any atom is -0.206 e. The van der Waals surface area contributed by atoms with Crippen LogP contribution in [0.5, 0.6) is 0 Å². The van der Waals surface area contributed by atoms with E-state index in [0.29, 0.717) is 23.7 Å². The molecule has 0 nitrogen and oxygen atoms in total. The summed E-state index contributed by atoms with van der Waals surface area (Å²) in [5.74, 6) is -0.143. The van der Waals surface area contributed by atoms with Gasteiger partial charge in [-0.3, -0.25) is 0 Å². The van der Waals surface area contributed by atoms with E-state index < -0.39 is 11.8 Å².